The summed E-state index contributed by atoms with van der Waals surface area (Å²) in [6.07, 6.45) is 8.23. The summed E-state index contributed by atoms with van der Waals surface area (Å²) in [4.78, 5) is 0. The summed E-state index contributed by atoms with van der Waals surface area (Å²) < 4.78 is 46.2. The lowest BCUT2D eigenvalue weighted by Gasteiger charge is -2.21. The van der Waals surface area contributed by atoms with Gasteiger partial charge in [0.05, 0.1) is 52.9 Å². The van der Waals surface area contributed by atoms with Gasteiger partial charge in [-0.3, -0.25) is 0 Å². The second-order valence-corrected chi connectivity index (χ2v) is 7.95. The smallest absolute Gasteiger partial charge is 0.134 e. The van der Waals surface area contributed by atoms with Crippen LogP contribution in [0.5, 0.6) is 0 Å². The van der Waals surface area contributed by atoms with Gasteiger partial charge in [0.15, 0.2) is 0 Å². The standard InChI is InChI=1S/C24H40O8/c1-2-6-22-21(5-1)29-17-13-25-9-10-27-15-19-31-23-7-3-4-8-24(23)32-20-16-28-12-11-26-14-18-30-22/h1-20H2. The van der Waals surface area contributed by atoms with Crippen molar-refractivity contribution in [2.24, 2.45) is 0 Å². The van der Waals surface area contributed by atoms with Gasteiger partial charge in [-0.25, -0.2) is 0 Å². The van der Waals surface area contributed by atoms with Gasteiger partial charge in [0, 0.05) is 25.7 Å². The summed E-state index contributed by atoms with van der Waals surface area (Å²) in [6, 6.07) is 0. The molecule has 8 nitrogen and oxygen atoms in total. The summed E-state index contributed by atoms with van der Waals surface area (Å²) in [5.74, 6) is 3.84. The van der Waals surface area contributed by atoms with Gasteiger partial charge in [-0.15, -0.1) is 0 Å². The normalized spacial score (nSPS) is 24.5. The molecule has 0 aromatic rings. The molecule has 0 bridgehead atoms. The van der Waals surface area contributed by atoms with E-state index >= 15 is 0 Å². The van der Waals surface area contributed by atoms with Crippen molar-refractivity contribution in [3.8, 4) is 0 Å². The number of rotatable bonds is 0. The average molecular weight is 457 g/mol. The van der Waals surface area contributed by atoms with Crippen molar-refractivity contribution < 1.29 is 37.9 Å². The maximum absolute atomic E-state index is 5.93. The van der Waals surface area contributed by atoms with Crippen molar-refractivity contribution in [1.82, 2.24) is 0 Å². The quantitative estimate of drug-likeness (QED) is 0.546. The molecule has 0 aromatic heterocycles. The molecule has 184 valence electrons. The molecule has 3 rings (SSSR count). The molecule has 0 atom stereocenters. The van der Waals surface area contributed by atoms with Gasteiger partial charge < -0.3 is 37.9 Å². The lowest BCUT2D eigenvalue weighted by Crippen LogP contribution is -2.16. The van der Waals surface area contributed by atoms with E-state index in [1.807, 2.05) is 0 Å². The van der Waals surface area contributed by atoms with Gasteiger partial charge in [-0.1, -0.05) is 0 Å². The second kappa shape index (κ2) is 16.2. The van der Waals surface area contributed by atoms with E-state index in [9.17, 15) is 0 Å². The molecule has 0 unspecified atom stereocenters. The summed E-state index contributed by atoms with van der Waals surface area (Å²) in [5, 5.41) is 0. The Bertz CT molecular complexity index is 476. The lowest BCUT2D eigenvalue weighted by molar-refractivity contribution is -0.00215. The highest BCUT2D eigenvalue weighted by atomic mass is 16.6. The Labute approximate surface area is 192 Å². The first kappa shape index (κ1) is 25.1. The number of hydrogen-bond donors (Lipinski definition) is 0. The van der Waals surface area contributed by atoms with Gasteiger partial charge in [0.1, 0.15) is 49.5 Å². The van der Waals surface area contributed by atoms with E-state index in [0.717, 1.165) is 74.4 Å². The minimum atomic E-state index is 0.524. The molecule has 0 aromatic carbocycles. The van der Waals surface area contributed by atoms with Crippen LogP contribution in [-0.4, -0.2) is 79.3 Å². The number of hydrogen-bond acceptors (Lipinski definition) is 8. The highest BCUT2D eigenvalue weighted by molar-refractivity contribution is 5.06. The molecular formula is C24H40O8. The van der Waals surface area contributed by atoms with Gasteiger partial charge in [-0.05, 0) is 25.7 Å². The first-order chi connectivity index (χ1) is 15.9. The van der Waals surface area contributed by atoms with Crippen LogP contribution >= 0.6 is 0 Å². The van der Waals surface area contributed by atoms with Crippen LogP contribution in [0.2, 0.25) is 0 Å². The molecule has 2 aliphatic carbocycles. The van der Waals surface area contributed by atoms with Crippen LogP contribution in [-0.2, 0) is 37.9 Å². The molecule has 0 saturated carbocycles. The SMILES string of the molecule is C1CCC2=C(C1)OCCOCCOCCOC1=C(CCCC1)OCCOCCOCCO2. The molecule has 1 aliphatic heterocycles. The molecular weight excluding hydrogens is 416 g/mol. The maximum Gasteiger partial charge on any atom is 0.134 e. The van der Waals surface area contributed by atoms with Crippen LogP contribution in [0.4, 0.5) is 0 Å². The molecule has 0 amide bonds. The Kier molecular flexibility index (Phi) is 12.7. The largest absolute Gasteiger partial charge is 0.492 e. The van der Waals surface area contributed by atoms with E-state index in [1.54, 1.807) is 0 Å². The Morgan fingerprint density at radius 3 is 0.750 bits per heavy atom. The fourth-order valence-corrected chi connectivity index (χ4v) is 3.85. The molecule has 32 heavy (non-hydrogen) atoms. The van der Waals surface area contributed by atoms with Crippen molar-refractivity contribution in [3.63, 3.8) is 0 Å². The monoisotopic (exact) mass is 456 g/mol. The molecule has 8 heteroatoms. The van der Waals surface area contributed by atoms with Crippen LogP contribution < -0.4 is 0 Å². The van der Waals surface area contributed by atoms with E-state index in [4.69, 9.17) is 37.9 Å². The van der Waals surface area contributed by atoms with Gasteiger partial charge in [0.25, 0.3) is 0 Å². The summed E-state index contributed by atoms with van der Waals surface area (Å²) in [7, 11) is 0. The summed E-state index contributed by atoms with van der Waals surface area (Å²) >= 11 is 0. The minimum absolute atomic E-state index is 0.524. The third kappa shape index (κ3) is 9.98. The fraction of sp³-hybridized carbons (Fsp3) is 0.833. The summed E-state index contributed by atoms with van der Waals surface area (Å²) in [6.45, 7) is 6.40. The van der Waals surface area contributed by atoms with Crippen LogP contribution in [0, 0.1) is 0 Å². The van der Waals surface area contributed by atoms with E-state index in [0.29, 0.717) is 79.3 Å². The van der Waals surface area contributed by atoms with Crippen molar-refractivity contribution in [1.29, 1.82) is 0 Å². The van der Waals surface area contributed by atoms with E-state index in [-0.39, 0.29) is 0 Å². The molecule has 3 aliphatic rings. The highest BCUT2D eigenvalue weighted by Crippen LogP contribution is 2.27. The highest BCUT2D eigenvalue weighted by Gasteiger charge is 2.17. The van der Waals surface area contributed by atoms with Gasteiger partial charge >= 0.3 is 0 Å². The van der Waals surface area contributed by atoms with Crippen molar-refractivity contribution >= 4 is 0 Å². The molecule has 0 radical (unpaired) electrons. The van der Waals surface area contributed by atoms with Gasteiger partial charge in [-0.2, -0.15) is 0 Å². The predicted molar refractivity (Wildman–Crippen MR) is 118 cm³/mol. The van der Waals surface area contributed by atoms with E-state index < -0.39 is 0 Å². The molecule has 0 saturated heterocycles. The van der Waals surface area contributed by atoms with Crippen LogP contribution in [0.15, 0.2) is 23.0 Å². The Hall–Kier alpha value is -1.48. The maximum atomic E-state index is 5.93. The predicted octanol–water partition coefficient (Wildman–Crippen LogP) is 3.70. The van der Waals surface area contributed by atoms with Crippen molar-refractivity contribution in [2.75, 3.05) is 79.3 Å². The molecule has 1 heterocycles. The molecule has 0 fully saturated rings. The van der Waals surface area contributed by atoms with Crippen molar-refractivity contribution in [3.05, 3.63) is 23.0 Å². The fourth-order valence-electron chi connectivity index (χ4n) is 3.85. The van der Waals surface area contributed by atoms with E-state index in [2.05, 4.69) is 0 Å². The van der Waals surface area contributed by atoms with Gasteiger partial charge in [0.2, 0.25) is 0 Å². The minimum Gasteiger partial charge on any atom is -0.492 e. The topological polar surface area (TPSA) is 73.8 Å². The third-order valence-corrected chi connectivity index (χ3v) is 5.50. The van der Waals surface area contributed by atoms with Crippen LogP contribution in [0.1, 0.15) is 51.4 Å². The average Bonchev–Trinajstić information content (AvgIpc) is 2.82. The zero-order valence-corrected chi connectivity index (χ0v) is 19.4. The number of ether oxygens (including phenoxy) is 8. The Balaban J connectivity index is 1.42. The van der Waals surface area contributed by atoms with Crippen LogP contribution in [0.3, 0.4) is 0 Å². The third-order valence-electron chi connectivity index (χ3n) is 5.50. The molecule has 0 spiro atoms. The van der Waals surface area contributed by atoms with Crippen molar-refractivity contribution in [2.45, 2.75) is 51.4 Å². The lowest BCUT2D eigenvalue weighted by atomic mass is 10.0. The molecule has 0 N–H and O–H groups in total. The zero-order valence-electron chi connectivity index (χ0n) is 19.4. The zero-order chi connectivity index (χ0) is 22.1. The van der Waals surface area contributed by atoms with E-state index in [1.165, 1.54) is 0 Å². The first-order valence-electron chi connectivity index (χ1n) is 12.2. The Morgan fingerprint density at radius 1 is 0.281 bits per heavy atom. The second-order valence-electron chi connectivity index (χ2n) is 7.95. The first-order valence-corrected chi connectivity index (χ1v) is 12.2. The summed E-state index contributed by atoms with van der Waals surface area (Å²) in [5.41, 5.74) is 0. The Morgan fingerprint density at radius 2 is 0.500 bits per heavy atom. The number of allylic oxidation sites excluding steroid dienone is 4. The van der Waals surface area contributed by atoms with Crippen LogP contribution in [0.25, 0.3) is 0 Å².